The maximum absolute atomic E-state index is 11.4. The van der Waals surface area contributed by atoms with E-state index in [-0.39, 0.29) is 17.3 Å². The molecule has 13 heavy (non-hydrogen) atoms. The van der Waals surface area contributed by atoms with E-state index in [4.69, 9.17) is 4.74 Å². The van der Waals surface area contributed by atoms with E-state index in [2.05, 4.69) is 13.5 Å². The van der Waals surface area contributed by atoms with Gasteiger partial charge in [-0.05, 0) is 25.2 Å². The van der Waals surface area contributed by atoms with Crippen LogP contribution in [0.3, 0.4) is 0 Å². The highest BCUT2D eigenvalue weighted by Gasteiger charge is 2.54. The minimum Gasteiger partial charge on any atom is -0.465 e. The average molecular weight is 180 g/mol. The topological polar surface area (TPSA) is 26.3 Å². The van der Waals surface area contributed by atoms with Crippen molar-refractivity contribution in [3.63, 3.8) is 0 Å². The number of carbonyl (C=O) groups is 1. The van der Waals surface area contributed by atoms with Crippen LogP contribution in [0.5, 0.6) is 0 Å². The van der Waals surface area contributed by atoms with Crippen LogP contribution in [-0.2, 0) is 9.53 Å². The Labute approximate surface area is 79.0 Å². The number of hydrogen-bond acceptors (Lipinski definition) is 2. The summed E-state index contributed by atoms with van der Waals surface area (Å²) in [5.74, 6) is 0.837. The first-order valence-corrected chi connectivity index (χ1v) is 4.95. The lowest BCUT2D eigenvalue weighted by molar-refractivity contribution is -0.141. The van der Waals surface area contributed by atoms with Crippen molar-refractivity contribution >= 4 is 5.97 Å². The molecule has 3 atom stereocenters. The van der Waals surface area contributed by atoms with Crippen LogP contribution < -0.4 is 0 Å². The molecule has 1 saturated carbocycles. The first kappa shape index (κ1) is 8.79. The fourth-order valence-electron chi connectivity index (χ4n) is 2.97. The first-order valence-electron chi connectivity index (χ1n) is 4.95. The first-order chi connectivity index (χ1) is 6.18. The highest BCUT2D eigenvalue weighted by molar-refractivity contribution is 5.76. The third-order valence-electron chi connectivity index (χ3n) is 3.47. The van der Waals surface area contributed by atoms with Gasteiger partial charge in [0, 0.05) is 5.41 Å². The predicted octanol–water partition coefficient (Wildman–Crippen LogP) is 2.15. The number of hydrogen-bond donors (Lipinski definition) is 0. The van der Waals surface area contributed by atoms with Crippen LogP contribution in [0.4, 0.5) is 0 Å². The van der Waals surface area contributed by atoms with Crippen molar-refractivity contribution < 1.29 is 9.53 Å². The molecule has 0 spiro atoms. The molecular formula is C11H16O2. The molecule has 0 N–H and O–H groups in total. The van der Waals surface area contributed by atoms with Gasteiger partial charge in [0.1, 0.15) is 0 Å². The summed E-state index contributed by atoms with van der Waals surface area (Å²) in [7, 11) is 0. The highest BCUT2D eigenvalue weighted by Crippen LogP contribution is 2.53. The Kier molecular flexibility index (Phi) is 1.94. The van der Waals surface area contributed by atoms with Crippen LogP contribution in [0, 0.1) is 17.3 Å². The van der Waals surface area contributed by atoms with Gasteiger partial charge in [-0.15, -0.1) is 6.58 Å². The number of carbonyl (C=O) groups excluding carboxylic acids is 1. The average Bonchev–Trinajstić information content (AvgIpc) is 2.51. The van der Waals surface area contributed by atoms with E-state index in [0.29, 0.717) is 12.5 Å². The number of allylic oxidation sites excluding steroid dienone is 1. The second kappa shape index (κ2) is 2.86. The summed E-state index contributed by atoms with van der Waals surface area (Å²) in [6.45, 7) is 6.60. The van der Waals surface area contributed by atoms with E-state index in [0.717, 1.165) is 19.3 Å². The van der Waals surface area contributed by atoms with Gasteiger partial charge in [-0.25, -0.2) is 0 Å². The lowest BCUT2D eigenvalue weighted by Crippen LogP contribution is -2.24. The molecule has 2 heteroatoms. The second-order valence-corrected chi connectivity index (χ2v) is 4.56. The molecule has 0 bridgehead atoms. The third-order valence-corrected chi connectivity index (χ3v) is 3.47. The van der Waals surface area contributed by atoms with Gasteiger partial charge in [0.2, 0.25) is 0 Å². The zero-order chi connectivity index (χ0) is 9.47. The Bertz CT molecular complexity index is 246. The van der Waals surface area contributed by atoms with Gasteiger partial charge in [0.05, 0.1) is 12.5 Å². The Morgan fingerprint density at radius 3 is 3.23 bits per heavy atom. The van der Waals surface area contributed by atoms with Crippen molar-refractivity contribution in [3.8, 4) is 0 Å². The van der Waals surface area contributed by atoms with E-state index in [9.17, 15) is 4.79 Å². The monoisotopic (exact) mass is 180 g/mol. The summed E-state index contributed by atoms with van der Waals surface area (Å²) in [5, 5.41) is 0. The molecule has 0 aromatic carbocycles. The van der Waals surface area contributed by atoms with Crippen molar-refractivity contribution in [2.45, 2.75) is 26.2 Å². The quantitative estimate of drug-likeness (QED) is 0.481. The predicted molar refractivity (Wildman–Crippen MR) is 50.1 cm³/mol. The molecule has 0 radical (unpaired) electrons. The zero-order valence-corrected chi connectivity index (χ0v) is 8.08. The molecule has 2 nitrogen and oxygen atoms in total. The van der Waals surface area contributed by atoms with Gasteiger partial charge in [-0.3, -0.25) is 4.79 Å². The van der Waals surface area contributed by atoms with E-state index in [1.807, 2.05) is 6.08 Å². The third kappa shape index (κ3) is 1.19. The minimum absolute atomic E-state index is 0.0196. The van der Waals surface area contributed by atoms with E-state index in [1.54, 1.807) is 0 Å². The molecule has 1 aliphatic heterocycles. The molecule has 1 aliphatic carbocycles. The molecule has 0 amide bonds. The van der Waals surface area contributed by atoms with Gasteiger partial charge >= 0.3 is 5.97 Å². The normalized spacial score (nSPS) is 43.0. The number of cyclic esters (lactones) is 1. The van der Waals surface area contributed by atoms with Crippen LogP contribution in [0.15, 0.2) is 12.7 Å². The van der Waals surface area contributed by atoms with Gasteiger partial charge in [-0.2, -0.15) is 0 Å². The van der Waals surface area contributed by atoms with Crippen LogP contribution in [0.1, 0.15) is 26.2 Å². The Hall–Kier alpha value is -0.790. The Morgan fingerprint density at radius 2 is 2.54 bits per heavy atom. The second-order valence-electron chi connectivity index (χ2n) is 4.56. The van der Waals surface area contributed by atoms with E-state index in [1.165, 1.54) is 0 Å². The molecule has 0 aromatic rings. The summed E-state index contributed by atoms with van der Waals surface area (Å²) in [6.07, 6.45) is 4.98. The summed E-state index contributed by atoms with van der Waals surface area (Å²) in [5.41, 5.74) is 0.109. The Balaban J connectivity index is 2.23. The van der Waals surface area contributed by atoms with Crippen LogP contribution in [-0.4, -0.2) is 12.6 Å². The largest absolute Gasteiger partial charge is 0.465 e. The van der Waals surface area contributed by atoms with Crippen molar-refractivity contribution in [2.75, 3.05) is 6.61 Å². The van der Waals surface area contributed by atoms with Crippen molar-refractivity contribution in [3.05, 3.63) is 12.7 Å². The maximum atomic E-state index is 11.4. The molecule has 1 heterocycles. The van der Waals surface area contributed by atoms with Gasteiger partial charge in [0.15, 0.2) is 0 Å². The molecule has 2 fully saturated rings. The Morgan fingerprint density at radius 1 is 1.77 bits per heavy atom. The summed E-state index contributed by atoms with van der Waals surface area (Å²) in [6, 6.07) is 0. The maximum Gasteiger partial charge on any atom is 0.309 e. The SMILES string of the molecule is C=CC[C@@]12COC(=O)[C@@H]1CC(C)C2. The van der Waals surface area contributed by atoms with Crippen molar-refractivity contribution in [1.29, 1.82) is 0 Å². The molecule has 2 aliphatic rings. The molecule has 1 unspecified atom stereocenters. The number of rotatable bonds is 2. The smallest absolute Gasteiger partial charge is 0.309 e. The molecule has 0 aromatic heterocycles. The number of fused-ring (bicyclic) bond motifs is 1. The number of ether oxygens (including phenoxy) is 1. The minimum atomic E-state index is 0.0196. The lowest BCUT2D eigenvalue weighted by Gasteiger charge is -2.23. The summed E-state index contributed by atoms with van der Waals surface area (Å²) >= 11 is 0. The number of esters is 1. The lowest BCUT2D eigenvalue weighted by atomic mass is 9.77. The van der Waals surface area contributed by atoms with Gasteiger partial charge in [-0.1, -0.05) is 13.0 Å². The standard InChI is InChI=1S/C11H16O2/c1-3-4-11-6-8(2)5-9(11)10(12)13-7-11/h3,8-9H,1,4-7H2,2H3/t8?,9-,11+/m0/s1. The van der Waals surface area contributed by atoms with Crippen molar-refractivity contribution in [2.24, 2.45) is 17.3 Å². The van der Waals surface area contributed by atoms with Crippen LogP contribution in [0.2, 0.25) is 0 Å². The molecule has 72 valence electrons. The van der Waals surface area contributed by atoms with Crippen LogP contribution >= 0.6 is 0 Å². The molecule has 2 rings (SSSR count). The van der Waals surface area contributed by atoms with Crippen molar-refractivity contribution in [1.82, 2.24) is 0 Å². The zero-order valence-electron chi connectivity index (χ0n) is 8.08. The highest BCUT2D eigenvalue weighted by atomic mass is 16.5. The molecular weight excluding hydrogens is 164 g/mol. The van der Waals surface area contributed by atoms with E-state index < -0.39 is 0 Å². The van der Waals surface area contributed by atoms with Gasteiger partial charge < -0.3 is 4.74 Å². The fourth-order valence-corrected chi connectivity index (χ4v) is 2.97. The summed E-state index contributed by atoms with van der Waals surface area (Å²) < 4.78 is 5.14. The van der Waals surface area contributed by atoms with Crippen LogP contribution in [0.25, 0.3) is 0 Å². The van der Waals surface area contributed by atoms with Gasteiger partial charge in [0.25, 0.3) is 0 Å². The summed E-state index contributed by atoms with van der Waals surface area (Å²) in [4.78, 5) is 11.4. The molecule has 1 saturated heterocycles. The fraction of sp³-hybridized carbons (Fsp3) is 0.727. The van der Waals surface area contributed by atoms with E-state index >= 15 is 0 Å².